The molecule has 7 heavy (non-hydrogen) atoms. The average molecular weight is 103 g/mol. The van der Waals surface area contributed by atoms with Crippen molar-refractivity contribution in [3.05, 3.63) is 0 Å². The summed E-state index contributed by atoms with van der Waals surface area (Å²) in [5.41, 5.74) is 0. The Hall–Kier alpha value is -0.410. The fourth-order valence-electron chi connectivity index (χ4n) is 0.0985. The fourth-order valence-corrected chi connectivity index (χ4v) is 0.0985. The van der Waals surface area contributed by atoms with E-state index in [2.05, 4.69) is 0 Å². The molecule has 0 aliphatic heterocycles. The smallest absolute Gasteiger partial charge is 0.232 e. The number of carbonyl (C=O) groups excluding carboxylic acids is 1. The van der Waals surface area contributed by atoms with Gasteiger partial charge in [-0.1, -0.05) is 0 Å². The Bertz CT molecular complexity index is 60.0. The number of hydrogen-bond acceptors (Lipinski definition) is 3. The van der Waals surface area contributed by atoms with Crippen molar-refractivity contribution in [3.63, 3.8) is 0 Å². The molecule has 0 spiro atoms. The molecule has 2 N–H and O–H groups in total. The lowest BCUT2D eigenvalue weighted by Crippen LogP contribution is -2.23. The molecule has 0 aromatic heterocycles. The SMILES string of the molecule is CC(O)C(O)[C]=O. The van der Waals surface area contributed by atoms with Crippen LogP contribution in [0.5, 0.6) is 0 Å². The number of rotatable bonds is 2. The maximum atomic E-state index is 9.41. The maximum absolute atomic E-state index is 9.41. The van der Waals surface area contributed by atoms with Gasteiger partial charge in [0.25, 0.3) is 0 Å². The van der Waals surface area contributed by atoms with E-state index in [0.29, 0.717) is 0 Å². The van der Waals surface area contributed by atoms with E-state index in [-0.39, 0.29) is 0 Å². The normalized spacial score (nSPS) is 18.1. The van der Waals surface area contributed by atoms with Gasteiger partial charge in [0.2, 0.25) is 6.29 Å². The molecular formula is C4H7O3. The topological polar surface area (TPSA) is 57.5 Å². The highest BCUT2D eigenvalue weighted by Gasteiger charge is 2.07. The Morgan fingerprint density at radius 2 is 2.00 bits per heavy atom. The average Bonchev–Trinajstić information content (AvgIpc) is 1.65. The van der Waals surface area contributed by atoms with Crippen molar-refractivity contribution < 1.29 is 15.0 Å². The molecule has 0 heterocycles. The minimum Gasteiger partial charge on any atom is -0.390 e. The summed E-state index contributed by atoms with van der Waals surface area (Å²) in [6, 6.07) is 0. The molecule has 2 atom stereocenters. The zero-order valence-electron chi connectivity index (χ0n) is 3.96. The molecule has 0 rings (SSSR count). The molecule has 3 heteroatoms. The molecule has 0 amide bonds. The van der Waals surface area contributed by atoms with E-state index in [0.717, 1.165) is 0 Å². The van der Waals surface area contributed by atoms with Crippen molar-refractivity contribution >= 4 is 6.29 Å². The first-order chi connectivity index (χ1) is 3.18. The highest BCUT2D eigenvalue weighted by Crippen LogP contribution is 1.84. The van der Waals surface area contributed by atoms with Crippen LogP contribution in [0.1, 0.15) is 6.92 Å². The van der Waals surface area contributed by atoms with E-state index >= 15 is 0 Å². The van der Waals surface area contributed by atoms with E-state index in [1.807, 2.05) is 0 Å². The Morgan fingerprint density at radius 1 is 1.57 bits per heavy atom. The summed E-state index contributed by atoms with van der Waals surface area (Å²) in [4.78, 5) is 9.41. The third-order valence-corrected chi connectivity index (χ3v) is 0.578. The summed E-state index contributed by atoms with van der Waals surface area (Å²) >= 11 is 0. The second-order valence-corrected chi connectivity index (χ2v) is 1.30. The maximum Gasteiger partial charge on any atom is 0.232 e. The van der Waals surface area contributed by atoms with E-state index in [4.69, 9.17) is 10.2 Å². The number of hydrogen-bond donors (Lipinski definition) is 2. The van der Waals surface area contributed by atoms with Crippen LogP contribution in [0.25, 0.3) is 0 Å². The number of aliphatic hydroxyl groups excluding tert-OH is 2. The minimum absolute atomic E-state index is 1.00. The van der Waals surface area contributed by atoms with Crippen molar-refractivity contribution in [2.45, 2.75) is 19.1 Å². The summed E-state index contributed by atoms with van der Waals surface area (Å²) in [6.45, 7) is 1.32. The van der Waals surface area contributed by atoms with Gasteiger partial charge in [-0.2, -0.15) is 0 Å². The Labute approximate surface area is 41.6 Å². The zero-order valence-corrected chi connectivity index (χ0v) is 3.96. The van der Waals surface area contributed by atoms with Crippen LogP contribution in [0, 0.1) is 0 Å². The summed E-state index contributed by atoms with van der Waals surface area (Å²) < 4.78 is 0. The van der Waals surface area contributed by atoms with Crippen LogP contribution in [-0.2, 0) is 4.79 Å². The van der Waals surface area contributed by atoms with Gasteiger partial charge in [-0.15, -0.1) is 0 Å². The fraction of sp³-hybridized carbons (Fsp3) is 0.750. The molecule has 0 saturated carbocycles. The van der Waals surface area contributed by atoms with Gasteiger partial charge < -0.3 is 10.2 Å². The van der Waals surface area contributed by atoms with Gasteiger partial charge in [0.15, 0.2) is 0 Å². The monoisotopic (exact) mass is 103 g/mol. The summed E-state index contributed by atoms with van der Waals surface area (Å²) in [6.07, 6.45) is -1.13. The van der Waals surface area contributed by atoms with Crippen LogP contribution in [0.2, 0.25) is 0 Å². The van der Waals surface area contributed by atoms with E-state index in [9.17, 15) is 4.79 Å². The largest absolute Gasteiger partial charge is 0.390 e. The third-order valence-electron chi connectivity index (χ3n) is 0.578. The molecule has 0 bridgehead atoms. The Morgan fingerprint density at radius 3 is 2.00 bits per heavy atom. The molecule has 0 aliphatic rings. The second-order valence-electron chi connectivity index (χ2n) is 1.30. The van der Waals surface area contributed by atoms with Crippen LogP contribution in [0.15, 0.2) is 0 Å². The first kappa shape index (κ1) is 6.59. The molecule has 0 fully saturated rings. The van der Waals surface area contributed by atoms with Crippen LogP contribution >= 0.6 is 0 Å². The van der Waals surface area contributed by atoms with Crippen molar-refractivity contribution in [1.29, 1.82) is 0 Å². The third kappa shape index (κ3) is 2.31. The molecule has 2 unspecified atom stereocenters. The lowest BCUT2D eigenvalue weighted by atomic mass is 10.3. The van der Waals surface area contributed by atoms with Gasteiger partial charge in [-0.3, -0.25) is 4.79 Å². The van der Waals surface area contributed by atoms with Gasteiger partial charge in [0.05, 0.1) is 6.10 Å². The van der Waals surface area contributed by atoms with Crippen molar-refractivity contribution in [2.75, 3.05) is 0 Å². The van der Waals surface area contributed by atoms with Crippen LogP contribution in [-0.4, -0.2) is 28.7 Å². The van der Waals surface area contributed by atoms with Crippen LogP contribution in [0.3, 0.4) is 0 Å². The predicted molar refractivity (Wildman–Crippen MR) is 23.4 cm³/mol. The van der Waals surface area contributed by atoms with Gasteiger partial charge in [-0.05, 0) is 6.92 Å². The molecule has 0 aromatic carbocycles. The first-order valence-electron chi connectivity index (χ1n) is 1.92. The minimum atomic E-state index is -1.35. The molecule has 0 saturated heterocycles. The standard InChI is InChI=1S/C4H7O3/c1-3(6)4(7)2-5/h3-4,6-7H,1H3. The quantitative estimate of drug-likeness (QED) is 0.463. The predicted octanol–water partition coefficient (Wildman–Crippen LogP) is -1.16. The van der Waals surface area contributed by atoms with Crippen LogP contribution < -0.4 is 0 Å². The molecular weight excluding hydrogens is 96.0 g/mol. The zero-order chi connectivity index (χ0) is 5.86. The number of aliphatic hydroxyl groups is 2. The summed E-state index contributed by atoms with van der Waals surface area (Å²) in [5.74, 6) is 0. The van der Waals surface area contributed by atoms with Gasteiger partial charge in [0, 0.05) is 0 Å². The molecule has 3 nitrogen and oxygen atoms in total. The lowest BCUT2D eigenvalue weighted by molar-refractivity contribution is 0.0720. The second kappa shape index (κ2) is 2.71. The van der Waals surface area contributed by atoms with Gasteiger partial charge in [-0.25, -0.2) is 0 Å². The van der Waals surface area contributed by atoms with Crippen molar-refractivity contribution in [1.82, 2.24) is 0 Å². The Kier molecular flexibility index (Phi) is 2.55. The van der Waals surface area contributed by atoms with Crippen LogP contribution in [0.4, 0.5) is 0 Å². The van der Waals surface area contributed by atoms with Crippen molar-refractivity contribution in [3.8, 4) is 0 Å². The molecule has 0 aromatic rings. The van der Waals surface area contributed by atoms with E-state index in [1.165, 1.54) is 13.2 Å². The highest BCUT2D eigenvalue weighted by atomic mass is 16.3. The lowest BCUT2D eigenvalue weighted by Gasteiger charge is -2.01. The van der Waals surface area contributed by atoms with Gasteiger partial charge in [0.1, 0.15) is 6.10 Å². The van der Waals surface area contributed by atoms with E-state index < -0.39 is 12.2 Å². The van der Waals surface area contributed by atoms with E-state index in [1.54, 1.807) is 0 Å². The van der Waals surface area contributed by atoms with Crippen molar-refractivity contribution in [2.24, 2.45) is 0 Å². The Balaban J connectivity index is 3.33. The molecule has 0 aliphatic carbocycles. The molecule has 41 valence electrons. The first-order valence-corrected chi connectivity index (χ1v) is 1.92. The molecule has 1 radical (unpaired) electrons. The summed E-state index contributed by atoms with van der Waals surface area (Å²) in [7, 11) is 0. The highest BCUT2D eigenvalue weighted by molar-refractivity contribution is 5.57. The van der Waals surface area contributed by atoms with Gasteiger partial charge >= 0.3 is 0 Å². The summed E-state index contributed by atoms with van der Waals surface area (Å²) in [5, 5.41) is 16.6.